The topological polar surface area (TPSA) is 128 Å². The summed E-state index contributed by atoms with van der Waals surface area (Å²) in [6.45, 7) is 8.63. The minimum atomic E-state index is -4.64. The molecule has 6 rings (SSSR count). The lowest BCUT2D eigenvalue weighted by Gasteiger charge is -2.43. The van der Waals surface area contributed by atoms with Crippen LogP contribution in [-0.2, 0) is 41.7 Å². The number of hydrogen-bond donors (Lipinski definition) is 2. The van der Waals surface area contributed by atoms with Gasteiger partial charge in [-0.1, -0.05) is 80.1 Å². The fraction of sp³-hybridized carbons (Fsp3) is 0.595. The highest BCUT2D eigenvalue weighted by Crippen LogP contribution is 2.30. The van der Waals surface area contributed by atoms with Gasteiger partial charge in [-0.2, -0.15) is 39.5 Å². The summed E-state index contributed by atoms with van der Waals surface area (Å²) in [5.41, 5.74) is 3.39. The Hall–Kier alpha value is -4.11. The lowest BCUT2D eigenvalue weighted by molar-refractivity contribution is -0.156. The Morgan fingerprint density at radius 2 is 1.32 bits per heavy atom. The van der Waals surface area contributed by atoms with E-state index in [1.807, 2.05) is 41.3 Å². The number of hydrogen-bond acceptors (Lipinski definition) is 9. The molecule has 3 aliphatic heterocycles. The van der Waals surface area contributed by atoms with Gasteiger partial charge in [0.25, 0.3) is 0 Å². The number of piperazine rings is 1. The zero-order valence-corrected chi connectivity index (χ0v) is 35.2. The number of nitrogens with zero attached hydrogens (tertiary/aromatic N) is 3. The van der Waals surface area contributed by atoms with Gasteiger partial charge in [0, 0.05) is 82.3 Å². The zero-order valence-electron chi connectivity index (χ0n) is 34.5. The first-order valence-electron chi connectivity index (χ1n) is 20.5. The summed E-state index contributed by atoms with van der Waals surface area (Å²) >= 11 is 6.15. The molecular formula is C42H53ClF9N5O6. The maximum atomic E-state index is 14.1. The van der Waals surface area contributed by atoms with Gasteiger partial charge < -0.3 is 20.3 Å². The minimum Gasteiger partial charge on any atom is -0.379 e. The standard InChI is InChI=1S/C36H50ClN5O3.3C2HF3O/c37-30-12-10-28(11-13-30)23-34(39-35(43)24-33-32-9-5-4-8-29(32)25-38-33)36(44)42-16-14-41(15-17-42)31(22-27-6-2-1-3-7-27)26-40-18-20-45-21-19-40;3*3-2(4,5)1-6/h4-5,8-13,27,31,33-34,38H,1-3,6-7,14-26H2,(H,39,43);3*1H/t31?,33?,34-;;;/m1.../s1. The summed E-state index contributed by atoms with van der Waals surface area (Å²) in [7, 11) is 0. The monoisotopic (exact) mass is 929 g/mol. The van der Waals surface area contributed by atoms with Gasteiger partial charge in [-0.15, -0.1) is 0 Å². The van der Waals surface area contributed by atoms with Crippen molar-refractivity contribution in [3.8, 4) is 0 Å². The van der Waals surface area contributed by atoms with E-state index >= 15 is 0 Å². The van der Waals surface area contributed by atoms with E-state index in [4.69, 9.17) is 30.7 Å². The van der Waals surface area contributed by atoms with E-state index in [1.54, 1.807) is 0 Å². The lowest BCUT2D eigenvalue weighted by atomic mass is 9.84. The van der Waals surface area contributed by atoms with Gasteiger partial charge in [0.15, 0.2) is 0 Å². The molecule has 2 aromatic rings. The number of halogens is 10. The first-order chi connectivity index (χ1) is 29.7. The van der Waals surface area contributed by atoms with Crippen molar-refractivity contribution in [2.24, 2.45) is 5.92 Å². The van der Waals surface area contributed by atoms with Crippen LogP contribution in [0.2, 0.25) is 5.02 Å². The first-order valence-corrected chi connectivity index (χ1v) is 20.8. The summed E-state index contributed by atoms with van der Waals surface area (Å²) < 4.78 is 99.4. The van der Waals surface area contributed by atoms with Gasteiger partial charge in [-0.05, 0) is 41.2 Å². The summed E-state index contributed by atoms with van der Waals surface area (Å²) in [6, 6.07) is 15.7. The van der Waals surface area contributed by atoms with Crippen LogP contribution in [0.4, 0.5) is 39.5 Å². The van der Waals surface area contributed by atoms with E-state index in [0.717, 1.165) is 64.0 Å². The Balaban J connectivity index is 0.000000494. The number of aldehydes is 3. The Labute approximate surface area is 365 Å². The number of benzene rings is 2. The number of carbonyl (C=O) groups excluding carboxylic acids is 5. The molecule has 0 bridgehead atoms. The molecule has 63 heavy (non-hydrogen) atoms. The molecule has 0 radical (unpaired) electrons. The van der Waals surface area contributed by atoms with Crippen molar-refractivity contribution in [1.29, 1.82) is 0 Å². The molecule has 4 aliphatic rings. The molecule has 1 saturated carbocycles. The van der Waals surface area contributed by atoms with Gasteiger partial charge in [-0.25, -0.2) is 0 Å². The highest BCUT2D eigenvalue weighted by Gasteiger charge is 2.34. The average molecular weight is 930 g/mol. The molecule has 1 aliphatic carbocycles. The number of fused-ring (bicyclic) bond motifs is 1. The molecule has 2 N–H and O–H groups in total. The number of alkyl halides is 9. The van der Waals surface area contributed by atoms with Crippen LogP contribution in [0.25, 0.3) is 0 Å². The third-order valence-corrected chi connectivity index (χ3v) is 11.0. The maximum Gasteiger partial charge on any atom is 0.446 e. The van der Waals surface area contributed by atoms with Crippen molar-refractivity contribution in [1.82, 2.24) is 25.3 Å². The molecule has 3 fully saturated rings. The van der Waals surface area contributed by atoms with E-state index in [9.17, 15) is 49.1 Å². The van der Waals surface area contributed by atoms with Crippen LogP contribution < -0.4 is 10.6 Å². The van der Waals surface area contributed by atoms with Crippen LogP contribution in [0.5, 0.6) is 0 Å². The Morgan fingerprint density at radius 3 is 1.86 bits per heavy atom. The average Bonchev–Trinajstić information content (AvgIpc) is 3.66. The summed E-state index contributed by atoms with van der Waals surface area (Å²) in [5, 5.41) is 7.26. The Bertz CT molecular complexity index is 1650. The predicted octanol–water partition coefficient (Wildman–Crippen LogP) is 6.66. The largest absolute Gasteiger partial charge is 0.446 e. The van der Waals surface area contributed by atoms with Gasteiger partial charge in [0.1, 0.15) is 6.04 Å². The normalized spacial score (nSPS) is 19.6. The maximum absolute atomic E-state index is 14.1. The van der Waals surface area contributed by atoms with Crippen LogP contribution in [0, 0.1) is 5.92 Å². The quantitative estimate of drug-likeness (QED) is 0.188. The molecule has 352 valence electrons. The fourth-order valence-corrected chi connectivity index (χ4v) is 7.94. The lowest BCUT2D eigenvalue weighted by Crippen LogP contribution is -2.58. The molecule has 21 heteroatoms. The van der Waals surface area contributed by atoms with Crippen molar-refractivity contribution in [2.45, 2.75) is 94.6 Å². The van der Waals surface area contributed by atoms with Crippen LogP contribution >= 0.6 is 11.6 Å². The van der Waals surface area contributed by atoms with Gasteiger partial charge >= 0.3 is 18.5 Å². The van der Waals surface area contributed by atoms with E-state index < -0.39 is 43.4 Å². The van der Waals surface area contributed by atoms with Gasteiger partial charge in [0.05, 0.1) is 13.2 Å². The molecular weight excluding hydrogens is 877 g/mol. The van der Waals surface area contributed by atoms with Crippen molar-refractivity contribution < 1.29 is 68.2 Å². The number of carbonyl (C=O) groups is 5. The number of nitrogens with one attached hydrogen (secondary N) is 2. The van der Waals surface area contributed by atoms with Crippen LogP contribution in [0.15, 0.2) is 48.5 Å². The summed E-state index contributed by atoms with van der Waals surface area (Å²) in [5.74, 6) is 0.715. The second-order valence-electron chi connectivity index (χ2n) is 15.4. The van der Waals surface area contributed by atoms with E-state index in [1.165, 1.54) is 49.7 Å². The number of amides is 2. The predicted molar refractivity (Wildman–Crippen MR) is 214 cm³/mol. The van der Waals surface area contributed by atoms with Crippen LogP contribution in [0.3, 0.4) is 0 Å². The van der Waals surface area contributed by atoms with E-state index in [-0.39, 0.29) is 17.9 Å². The molecule has 2 saturated heterocycles. The Kier molecular flexibility index (Phi) is 22.0. The molecule has 0 spiro atoms. The molecule has 2 amide bonds. The first kappa shape index (κ1) is 53.2. The zero-order chi connectivity index (χ0) is 46.6. The number of ether oxygens (including phenoxy) is 1. The highest BCUT2D eigenvalue weighted by atomic mass is 35.5. The fourth-order valence-electron chi connectivity index (χ4n) is 7.81. The van der Waals surface area contributed by atoms with Crippen molar-refractivity contribution in [2.75, 3.05) is 59.0 Å². The summed E-state index contributed by atoms with van der Waals surface area (Å²) in [4.78, 5) is 60.8. The Morgan fingerprint density at radius 1 is 0.778 bits per heavy atom. The molecule has 2 unspecified atom stereocenters. The molecule has 3 heterocycles. The van der Waals surface area contributed by atoms with Crippen molar-refractivity contribution in [3.05, 3.63) is 70.2 Å². The van der Waals surface area contributed by atoms with Gasteiger partial charge in [-0.3, -0.25) is 33.8 Å². The minimum absolute atomic E-state index is 0.00902. The summed E-state index contributed by atoms with van der Waals surface area (Å²) in [6.07, 6.45) is -8.30. The van der Waals surface area contributed by atoms with Crippen LogP contribution in [0.1, 0.15) is 67.7 Å². The second-order valence-corrected chi connectivity index (χ2v) is 15.9. The van der Waals surface area contributed by atoms with Gasteiger partial charge in [0.2, 0.25) is 30.7 Å². The number of rotatable bonds is 11. The van der Waals surface area contributed by atoms with E-state index in [2.05, 4.69) is 32.6 Å². The molecule has 3 atom stereocenters. The van der Waals surface area contributed by atoms with Crippen molar-refractivity contribution >= 4 is 42.3 Å². The molecule has 2 aromatic carbocycles. The van der Waals surface area contributed by atoms with Crippen molar-refractivity contribution in [3.63, 3.8) is 0 Å². The molecule has 11 nitrogen and oxygen atoms in total. The molecule has 0 aromatic heterocycles. The number of morpholine rings is 1. The SMILES string of the molecule is O=C(CC1NCc2ccccc21)N[C@H](Cc1ccc(Cl)cc1)C(=O)N1CCN(C(CC2CCCCC2)CN2CCOCC2)CC1.O=CC(F)(F)F.O=CC(F)(F)F.O=CC(F)(F)F. The third-order valence-electron chi connectivity index (χ3n) is 10.8. The van der Waals surface area contributed by atoms with E-state index in [0.29, 0.717) is 37.0 Å². The third kappa shape index (κ3) is 21.0. The second kappa shape index (κ2) is 26.0. The van der Waals surface area contributed by atoms with Crippen LogP contribution in [-0.4, -0.2) is 135 Å². The smallest absolute Gasteiger partial charge is 0.379 e. The highest BCUT2D eigenvalue weighted by molar-refractivity contribution is 6.30.